The molecule has 7 heteroatoms. The van der Waals surface area contributed by atoms with Gasteiger partial charge in [0.05, 0.1) is 6.54 Å². The largest absolute Gasteiger partial charge is 0.350 e. The number of fused-ring (bicyclic) bond motifs is 1. The summed E-state index contributed by atoms with van der Waals surface area (Å²) in [6.07, 6.45) is 3.15. The van der Waals surface area contributed by atoms with E-state index in [2.05, 4.69) is 5.10 Å². The summed E-state index contributed by atoms with van der Waals surface area (Å²) in [4.78, 5) is 25.5. The molecule has 6 nitrogen and oxygen atoms in total. The first kappa shape index (κ1) is 17.3. The molecule has 0 bridgehead atoms. The maximum atomic E-state index is 12.9. The van der Waals surface area contributed by atoms with Crippen molar-refractivity contribution in [1.29, 1.82) is 0 Å². The van der Waals surface area contributed by atoms with E-state index in [9.17, 15) is 9.59 Å². The zero-order chi connectivity index (χ0) is 19.1. The van der Waals surface area contributed by atoms with E-state index in [1.54, 1.807) is 18.5 Å². The molecule has 136 valence electrons. The highest BCUT2D eigenvalue weighted by molar-refractivity contribution is 6.31. The molecular weight excluding hydrogens is 364 g/mol. The van der Waals surface area contributed by atoms with Gasteiger partial charge in [0.25, 0.3) is 0 Å². The Morgan fingerprint density at radius 1 is 1.00 bits per heavy atom. The van der Waals surface area contributed by atoms with E-state index >= 15 is 0 Å². The van der Waals surface area contributed by atoms with Gasteiger partial charge in [-0.15, -0.1) is 5.10 Å². The lowest BCUT2D eigenvalue weighted by atomic mass is 10.1. The van der Waals surface area contributed by atoms with Crippen LogP contribution in [-0.4, -0.2) is 18.7 Å². The van der Waals surface area contributed by atoms with E-state index in [1.807, 2.05) is 50.2 Å². The third-order valence-corrected chi connectivity index (χ3v) is 5.06. The minimum Gasteiger partial charge on any atom is -0.280 e. The third-order valence-electron chi connectivity index (χ3n) is 4.69. The summed E-state index contributed by atoms with van der Waals surface area (Å²) in [5, 5.41) is 4.80. The van der Waals surface area contributed by atoms with Crippen molar-refractivity contribution in [2.45, 2.75) is 20.4 Å². The second-order valence-corrected chi connectivity index (χ2v) is 6.87. The molecule has 2 heterocycles. The lowest BCUT2D eigenvalue weighted by molar-refractivity contribution is 0.658. The first-order chi connectivity index (χ1) is 13.0. The molecule has 0 fully saturated rings. The second kappa shape index (κ2) is 6.55. The molecule has 0 atom stereocenters. The Morgan fingerprint density at radius 2 is 1.78 bits per heavy atom. The summed E-state index contributed by atoms with van der Waals surface area (Å²) in [6, 6.07) is 13.0. The number of benzene rings is 2. The van der Waals surface area contributed by atoms with Gasteiger partial charge in [-0.05, 0) is 48.7 Å². The van der Waals surface area contributed by atoms with Gasteiger partial charge in [0.15, 0.2) is 0 Å². The van der Waals surface area contributed by atoms with Crippen LogP contribution in [0.25, 0.3) is 11.3 Å². The van der Waals surface area contributed by atoms with E-state index in [1.165, 1.54) is 13.6 Å². The zero-order valence-corrected chi connectivity index (χ0v) is 15.6. The SMILES string of the molecule is Cc1ccc(-n2ccn3c(=O)n(Cc4ccccc4Cl)nc3c2=O)cc1C. The van der Waals surface area contributed by atoms with Gasteiger partial charge in [0.1, 0.15) is 0 Å². The molecule has 0 spiro atoms. The normalized spacial score (nSPS) is 11.2. The van der Waals surface area contributed by atoms with E-state index < -0.39 is 0 Å². The van der Waals surface area contributed by atoms with Gasteiger partial charge in [0.2, 0.25) is 5.65 Å². The molecule has 0 N–H and O–H groups in total. The summed E-state index contributed by atoms with van der Waals surface area (Å²) >= 11 is 6.17. The Labute approximate surface area is 159 Å². The summed E-state index contributed by atoms with van der Waals surface area (Å²) in [6.45, 7) is 4.20. The van der Waals surface area contributed by atoms with Crippen molar-refractivity contribution >= 4 is 17.2 Å². The number of rotatable bonds is 3. The van der Waals surface area contributed by atoms with Gasteiger partial charge in [-0.3, -0.25) is 9.36 Å². The topological polar surface area (TPSA) is 61.3 Å². The maximum absolute atomic E-state index is 12.9. The van der Waals surface area contributed by atoms with Gasteiger partial charge in [-0.25, -0.2) is 13.9 Å². The zero-order valence-electron chi connectivity index (χ0n) is 14.9. The Kier molecular flexibility index (Phi) is 4.20. The molecule has 0 aliphatic carbocycles. The molecule has 0 unspecified atom stereocenters. The lowest BCUT2D eigenvalue weighted by Gasteiger charge is -2.08. The smallest absolute Gasteiger partial charge is 0.280 e. The van der Waals surface area contributed by atoms with Crippen LogP contribution in [0.15, 0.2) is 64.4 Å². The fraction of sp³-hybridized carbons (Fsp3) is 0.150. The number of hydrogen-bond acceptors (Lipinski definition) is 3. The highest BCUT2D eigenvalue weighted by atomic mass is 35.5. The highest BCUT2D eigenvalue weighted by Crippen LogP contribution is 2.15. The molecule has 0 aliphatic heterocycles. The predicted molar refractivity (Wildman–Crippen MR) is 105 cm³/mol. The summed E-state index contributed by atoms with van der Waals surface area (Å²) in [7, 11) is 0. The molecule has 2 aromatic heterocycles. The van der Waals surface area contributed by atoms with Crippen LogP contribution in [0.5, 0.6) is 0 Å². The molecule has 0 aliphatic rings. The van der Waals surface area contributed by atoms with Crippen molar-refractivity contribution in [2.75, 3.05) is 0 Å². The van der Waals surface area contributed by atoms with Crippen LogP contribution in [0.4, 0.5) is 0 Å². The Morgan fingerprint density at radius 3 is 2.52 bits per heavy atom. The molecule has 4 aromatic rings. The summed E-state index contributed by atoms with van der Waals surface area (Å²) in [5.74, 6) is 0. The van der Waals surface area contributed by atoms with Crippen molar-refractivity contribution in [2.24, 2.45) is 0 Å². The van der Waals surface area contributed by atoms with Crippen LogP contribution in [0.3, 0.4) is 0 Å². The monoisotopic (exact) mass is 380 g/mol. The predicted octanol–water partition coefficient (Wildman–Crippen LogP) is 2.97. The fourth-order valence-electron chi connectivity index (χ4n) is 2.98. The Hall–Kier alpha value is -3.12. The summed E-state index contributed by atoms with van der Waals surface area (Å²) in [5.41, 5.74) is 3.07. The number of halogens is 1. The standard InChI is InChI=1S/C20H17ClN4O2/c1-13-7-8-16(11-14(13)2)23-9-10-24-18(19(23)26)22-25(20(24)27)12-15-5-3-4-6-17(15)21/h3-11H,12H2,1-2H3. The molecule has 0 saturated heterocycles. The number of aromatic nitrogens is 4. The van der Waals surface area contributed by atoms with Crippen LogP contribution in [0.1, 0.15) is 16.7 Å². The minimum absolute atomic E-state index is 0.0766. The molecule has 0 saturated carbocycles. The number of hydrogen-bond donors (Lipinski definition) is 0. The van der Waals surface area contributed by atoms with Gasteiger partial charge in [-0.1, -0.05) is 35.9 Å². The second-order valence-electron chi connectivity index (χ2n) is 6.47. The van der Waals surface area contributed by atoms with E-state index in [0.29, 0.717) is 5.02 Å². The summed E-state index contributed by atoms with van der Waals surface area (Å²) < 4.78 is 4.01. The quantitative estimate of drug-likeness (QED) is 0.549. The van der Waals surface area contributed by atoms with Gasteiger partial charge < -0.3 is 0 Å². The molecular formula is C20H17ClN4O2. The minimum atomic E-state index is -0.380. The first-order valence-electron chi connectivity index (χ1n) is 8.47. The van der Waals surface area contributed by atoms with E-state index in [-0.39, 0.29) is 23.4 Å². The van der Waals surface area contributed by atoms with Crippen LogP contribution in [0.2, 0.25) is 5.02 Å². The molecule has 0 radical (unpaired) electrons. The highest BCUT2D eigenvalue weighted by Gasteiger charge is 2.14. The van der Waals surface area contributed by atoms with Crippen molar-refractivity contribution in [3.05, 3.63) is 97.4 Å². The van der Waals surface area contributed by atoms with Crippen molar-refractivity contribution < 1.29 is 0 Å². The van der Waals surface area contributed by atoms with Crippen molar-refractivity contribution in [3.63, 3.8) is 0 Å². The number of aryl methyl sites for hydroxylation is 2. The Bertz CT molecular complexity index is 1280. The molecule has 4 rings (SSSR count). The molecule has 27 heavy (non-hydrogen) atoms. The third kappa shape index (κ3) is 2.98. The van der Waals surface area contributed by atoms with Gasteiger partial charge in [-0.2, -0.15) is 0 Å². The lowest BCUT2D eigenvalue weighted by Crippen LogP contribution is -2.24. The van der Waals surface area contributed by atoms with Crippen molar-refractivity contribution in [1.82, 2.24) is 18.7 Å². The average molecular weight is 381 g/mol. The van der Waals surface area contributed by atoms with Crippen molar-refractivity contribution in [3.8, 4) is 5.69 Å². The molecule has 2 aromatic carbocycles. The first-order valence-corrected chi connectivity index (χ1v) is 8.85. The van der Waals surface area contributed by atoms with Gasteiger partial charge >= 0.3 is 11.2 Å². The van der Waals surface area contributed by atoms with E-state index in [4.69, 9.17) is 11.6 Å². The Balaban J connectivity index is 1.84. The van der Waals surface area contributed by atoms with Crippen LogP contribution in [-0.2, 0) is 6.54 Å². The number of nitrogens with zero attached hydrogens (tertiary/aromatic N) is 4. The molecule has 0 amide bonds. The van der Waals surface area contributed by atoms with E-state index in [0.717, 1.165) is 22.4 Å². The average Bonchev–Trinajstić information content (AvgIpc) is 2.97. The van der Waals surface area contributed by atoms with Crippen LogP contribution >= 0.6 is 11.6 Å². The fourth-order valence-corrected chi connectivity index (χ4v) is 3.17. The van der Waals surface area contributed by atoms with Gasteiger partial charge in [0, 0.05) is 23.1 Å². The van der Waals surface area contributed by atoms with Crippen LogP contribution < -0.4 is 11.2 Å². The maximum Gasteiger partial charge on any atom is 0.350 e. The van der Waals surface area contributed by atoms with Crippen LogP contribution in [0, 0.1) is 13.8 Å².